The normalized spacial score (nSPS) is 14.5. The lowest BCUT2D eigenvalue weighted by atomic mass is 10.0. The summed E-state index contributed by atoms with van der Waals surface area (Å²) in [5.74, 6) is 1.52. The number of hydrogen-bond acceptors (Lipinski definition) is 5. The van der Waals surface area contributed by atoms with E-state index in [2.05, 4.69) is 25.9 Å². The molecule has 0 unspecified atom stereocenters. The third-order valence-corrected chi connectivity index (χ3v) is 4.79. The van der Waals surface area contributed by atoms with Crippen molar-refractivity contribution in [2.45, 2.75) is 19.0 Å². The SMILES string of the molecule is FC(F)(F)c1ccc(Oc2cccc(C=C3CCN(c4cnccn4)CC3)c2)nc1. The van der Waals surface area contributed by atoms with E-state index in [0.29, 0.717) is 5.75 Å². The Labute approximate surface area is 171 Å². The zero-order valence-corrected chi connectivity index (χ0v) is 16.0. The Bertz CT molecular complexity index is 1010. The molecule has 0 aliphatic carbocycles. The van der Waals surface area contributed by atoms with E-state index in [4.69, 9.17) is 4.74 Å². The fourth-order valence-electron chi connectivity index (χ4n) is 3.25. The van der Waals surface area contributed by atoms with Gasteiger partial charge in [-0.05, 0) is 36.6 Å². The molecule has 1 saturated heterocycles. The molecule has 1 fully saturated rings. The number of ether oxygens (including phenoxy) is 1. The summed E-state index contributed by atoms with van der Waals surface area (Å²) in [5, 5.41) is 0. The number of alkyl halides is 3. The van der Waals surface area contributed by atoms with Crippen LogP contribution in [0.25, 0.3) is 6.08 Å². The van der Waals surface area contributed by atoms with E-state index in [0.717, 1.165) is 49.6 Å². The van der Waals surface area contributed by atoms with Crippen LogP contribution in [0.4, 0.5) is 19.0 Å². The van der Waals surface area contributed by atoms with Gasteiger partial charge in [-0.1, -0.05) is 23.8 Å². The van der Waals surface area contributed by atoms with Crippen LogP contribution in [-0.2, 0) is 6.18 Å². The molecule has 0 amide bonds. The van der Waals surface area contributed by atoms with Crippen LogP contribution in [0.2, 0.25) is 0 Å². The van der Waals surface area contributed by atoms with Crippen LogP contribution in [0.3, 0.4) is 0 Å². The first kappa shape index (κ1) is 19.9. The van der Waals surface area contributed by atoms with E-state index in [1.807, 2.05) is 18.2 Å². The molecule has 1 aromatic carbocycles. The molecule has 0 saturated carbocycles. The molecule has 30 heavy (non-hydrogen) atoms. The average Bonchev–Trinajstić information content (AvgIpc) is 2.75. The molecule has 154 valence electrons. The van der Waals surface area contributed by atoms with Crippen LogP contribution < -0.4 is 9.64 Å². The van der Waals surface area contributed by atoms with Gasteiger partial charge in [0, 0.05) is 37.7 Å². The van der Waals surface area contributed by atoms with Crippen molar-refractivity contribution in [3.05, 3.63) is 77.9 Å². The minimum absolute atomic E-state index is 0.116. The predicted octanol–water partition coefficient (Wildman–Crippen LogP) is 5.37. The fourth-order valence-corrected chi connectivity index (χ4v) is 3.25. The summed E-state index contributed by atoms with van der Waals surface area (Å²) in [5.41, 5.74) is 1.49. The third-order valence-electron chi connectivity index (χ3n) is 4.79. The first-order valence-corrected chi connectivity index (χ1v) is 9.49. The number of hydrogen-bond donors (Lipinski definition) is 0. The van der Waals surface area contributed by atoms with Crippen LogP contribution in [0.5, 0.6) is 11.6 Å². The number of rotatable bonds is 4. The molecular weight excluding hydrogens is 393 g/mol. The largest absolute Gasteiger partial charge is 0.439 e. The van der Waals surface area contributed by atoms with Crippen molar-refractivity contribution in [1.82, 2.24) is 15.0 Å². The molecule has 0 spiro atoms. The molecular formula is C22H19F3N4O. The second-order valence-corrected chi connectivity index (χ2v) is 6.91. The second-order valence-electron chi connectivity index (χ2n) is 6.91. The van der Waals surface area contributed by atoms with E-state index in [9.17, 15) is 13.2 Å². The molecule has 0 atom stereocenters. The van der Waals surface area contributed by atoms with Crippen molar-refractivity contribution in [3.63, 3.8) is 0 Å². The third kappa shape index (κ3) is 4.94. The average molecular weight is 412 g/mol. The highest BCUT2D eigenvalue weighted by Gasteiger charge is 2.30. The van der Waals surface area contributed by atoms with Crippen molar-refractivity contribution >= 4 is 11.9 Å². The van der Waals surface area contributed by atoms with Gasteiger partial charge >= 0.3 is 6.18 Å². The van der Waals surface area contributed by atoms with Crippen LogP contribution in [0, 0.1) is 0 Å². The Morgan fingerprint density at radius 1 is 0.967 bits per heavy atom. The van der Waals surface area contributed by atoms with Gasteiger partial charge in [0.05, 0.1) is 11.8 Å². The maximum absolute atomic E-state index is 12.6. The molecule has 0 radical (unpaired) electrons. The topological polar surface area (TPSA) is 51.1 Å². The van der Waals surface area contributed by atoms with Gasteiger partial charge in [0.15, 0.2) is 0 Å². The number of pyridine rings is 1. The number of piperidine rings is 1. The molecule has 3 aromatic rings. The van der Waals surface area contributed by atoms with Crippen molar-refractivity contribution in [2.75, 3.05) is 18.0 Å². The fraction of sp³-hybridized carbons (Fsp3) is 0.227. The van der Waals surface area contributed by atoms with Crippen LogP contribution >= 0.6 is 0 Å². The van der Waals surface area contributed by atoms with Crippen molar-refractivity contribution < 1.29 is 17.9 Å². The van der Waals surface area contributed by atoms with E-state index >= 15 is 0 Å². The second kappa shape index (κ2) is 8.52. The van der Waals surface area contributed by atoms with E-state index in [1.54, 1.807) is 24.7 Å². The molecule has 4 rings (SSSR count). The summed E-state index contributed by atoms with van der Waals surface area (Å²) in [6, 6.07) is 9.59. The monoisotopic (exact) mass is 412 g/mol. The summed E-state index contributed by atoms with van der Waals surface area (Å²) in [7, 11) is 0. The van der Waals surface area contributed by atoms with Crippen molar-refractivity contribution in [3.8, 4) is 11.6 Å². The molecule has 1 aliphatic rings. The Balaban J connectivity index is 1.40. The van der Waals surface area contributed by atoms with Crippen LogP contribution in [0.1, 0.15) is 24.0 Å². The zero-order chi connectivity index (χ0) is 21.0. The van der Waals surface area contributed by atoms with Gasteiger partial charge in [-0.15, -0.1) is 0 Å². The summed E-state index contributed by atoms with van der Waals surface area (Å²) >= 11 is 0. The van der Waals surface area contributed by atoms with Crippen LogP contribution in [0.15, 0.2) is 66.8 Å². The Kier molecular flexibility index (Phi) is 5.65. The molecule has 5 nitrogen and oxygen atoms in total. The quantitative estimate of drug-likeness (QED) is 0.577. The molecule has 8 heteroatoms. The maximum Gasteiger partial charge on any atom is 0.417 e. The summed E-state index contributed by atoms with van der Waals surface area (Å²) in [4.78, 5) is 14.4. The van der Waals surface area contributed by atoms with Gasteiger partial charge in [-0.3, -0.25) is 4.98 Å². The molecule has 2 aromatic heterocycles. The standard InChI is InChI=1S/C22H19F3N4O/c23-22(24,25)18-4-5-21(28-14-18)30-19-3-1-2-17(13-19)12-16-6-10-29(11-7-16)20-15-26-8-9-27-20/h1-5,8-9,12-15H,6-7,10-11H2. The first-order chi connectivity index (χ1) is 14.5. The van der Waals surface area contributed by atoms with Gasteiger partial charge in [0.25, 0.3) is 0 Å². The lowest BCUT2D eigenvalue weighted by Crippen LogP contribution is -2.31. The van der Waals surface area contributed by atoms with Crippen molar-refractivity contribution in [2.24, 2.45) is 0 Å². The lowest BCUT2D eigenvalue weighted by Gasteiger charge is -2.29. The van der Waals surface area contributed by atoms with Crippen molar-refractivity contribution in [1.29, 1.82) is 0 Å². The van der Waals surface area contributed by atoms with E-state index in [-0.39, 0.29) is 5.88 Å². The first-order valence-electron chi connectivity index (χ1n) is 9.49. The molecule has 0 N–H and O–H groups in total. The minimum Gasteiger partial charge on any atom is -0.439 e. The van der Waals surface area contributed by atoms with Gasteiger partial charge < -0.3 is 9.64 Å². The molecule has 1 aliphatic heterocycles. The zero-order valence-electron chi connectivity index (χ0n) is 16.0. The van der Waals surface area contributed by atoms with E-state index in [1.165, 1.54) is 11.6 Å². The number of benzene rings is 1. The lowest BCUT2D eigenvalue weighted by molar-refractivity contribution is -0.137. The number of halogens is 3. The van der Waals surface area contributed by atoms with Gasteiger partial charge in [0.1, 0.15) is 11.6 Å². The molecule has 3 heterocycles. The maximum atomic E-state index is 12.6. The highest BCUT2D eigenvalue weighted by molar-refractivity contribution is 5.56. The molecule has 0 bridgehead atoms. The van der Waals surface area contributed by atoms with Crippen LogP contribution in [-0.4, -0.2) is 28.0 Å². The number of anilines is 1. The van der Waals surface area contributed by atoms with E-state index < -0.39 is 11.7 Å². The van der Waals surface area contributed by atoms with Gasteiger partial charge in [-0.2, -0.15) is 13.2 Å². The Morgan fingerprint density at radius 2 is 1.80 bits per heavy atom. The van der Waals surface area contributed by atoms with Gasteiger partial charge in [0.2, 0.25) is 5.88 Å². The highest BCUT2D eigenvalue weighted by atomic mass is 19.4. The highest BCUT2D eigenvalue weighted by Crippen LogP contribution is 2.30. The minimum atomic E-state index is -4.42. The smallest absolute Gasteiger partial charge is 0.417 e. The number of nitrogens with zero attached hydrogens (tertiary/aromatic N) is 4. The Hall–Kier alpha value is -3.42. The summed E-state index contributed by atoms with van der Waals surface area (Å²) in [6.07, 6.45) is 5.44. The Morgan fingerprint density at radius 3 is 2.47 bits per heavy atom. The van der Waals surface area contributed by atoms with Gasteiger partial charge in [-0.25, -0.2) is 9.97 Å². The summed E-state index contributed by atoms with van der Waals surface area (Å²) < 4.78 is 43.6. The number of aromatic nitrogens is 3. The summed E-state index contributed by atoms with van der Waals surface area (Å²) in [6.45, 7) is 1.74. The predicted molar refractivity (Wildman–Crippen MR) is 107 cm³/mol.